The first kappa shape index (κ1) is 18.2. The summed E-state index contributed by atoms with van der Waals surface area (Å²) in [7, 11) is 1.53. The molecule has 25 heavy (non-hydrogen) atoms. The van der Waals surface area contributed by atoms with Gasteiger partial charge in [-0.3, -0.25) is 10.1 Å². The van der Waals surface area contributed by atoms with Gasteiger partial charge in [0, 0.05) is 24.6 Å². The van der Waals surface area contributed by atoms with Gasteiger partial charge < -0.3 is 14.8 Å². The van der Waals surface area contributed by atoms with Crippen molar-refractivity contribution in [3.05, 3.63) is 66.2 Å². The zero-order chi connectivity index (χ0) is 17.9. The Bertz CT molecular complexity index is 729. The van der Waals surface area contributed by atoms with Crippen LogP contribution in [0.4, 0.5) is 16.2 Å². The first-order chi connectivity index (χ1) is 12.2. The van der Waals surface area contributed by atoms with Crippen LogP contribution in [0.25, 0.3) is 6.08 Å². The number of nitrogens with one attached hydrogen (secondary N) is 2. The zero-order valence-electron chi connectivity index (χ0n) is 13.9. The van der Waals surface area contributed by atoms with E-state index in [2.05, 4.69) is 10.6 Å². The Morgan fingerprint density at radius 1 is 0.960 bits per heavy atom. The monoisotopic (exact) mass is 340 g/mol. The lowest BCUT2D eigenvalue weighted by Crippen LogP contribution is -2.16. The smallest absolute Gasteiger partial charge is 0.411 e. The Labute approximate surface area is 146 Å². The van der Waals surface area contributed by atoms with Crippen molar-refractivity contribution in [2.45, 2.75) is 0 Å². The fourth-order valence-corrected chi connectivity index (χ4v) is 1.97. The summed E-state index contributed by atoms with van der Waals surface area (Å²) in [5, 5.41) is 5.33. The van der Waals surface area contributed by atoms with Crippen LogP contribution in [0.5, 0.6) is 0 Å². The largest absolute Gasteiger partial charge is 0.447 e. The number of anilines is 2. The van der Waals surface area contributed by atoms with Crippen molar-refractivity contribution in [2.24, 2.45) is 0 Å². The Kier molecular flexibility index (Phi) is 7.21. The van der Waals surface area contributed by atoms with Gasteiger partial charge in [-0.1, -0.05) is 36.4 Å². The normalized spacial score (nSPS) is 10.4. The van der Waals surface area contributed by atoms with E-state index in [0.29, 0.717) is 18.0 Å². The molecule has 0 radical (unpaired) electrons. The lowest BCUT2D eigenvalue weighted by molar-refractivity contribution is -0.111. The second kappa shape index (κ2) is 9.89. The van der Waals surface area contributed by atoms with E-state index < -0.39 is 6.09 Å². The third-order valence-corrected chi connectivity index (χ3v) is 3.12. The first-order valence-electron chi connectivity index (χ1n) is 7.74. The molecule has 130 valence electrons. The Balaban J connectivity index is 1.89. The molecule has 0 aliphatic carbocycles. The molecule has 0 bridgehead atoms. The maximum absolute atomic E-state index is 12.0. The van der Waals surface area contributed by atoms with Crippen molar-refractivity contribution in [3.8, 4) is 0 Å². The fourth-order valence-electron chi connectivity index (χ4n) is 1.97. The van der Waals surface area contributed by atoms with Gasteiger partial charge in [-0.05, 0) is 29.8 Å². The van der Waals surface area contributed by atoms with Crippen LogP contribution in [-0.2, 0) is 14.3 Å². The van der Waals surface area contributed by atoms with E-state index >= 15 is 0 Å². The van der Waals surface area contributed by atoms with Gasteiger partial charge in [0.15, 0.2) is 0 Å². The summed E-state index contributed by atoms with van der Waals surface area (Å²) < 4.78 is 9.72. The molecular formula is C19H20N2O4. The topological polar surface area (TPSA) is 76.7 Å². The number of rotatable bonds is 7. The lowest BCUT2D eigenvalue weighted by atomic mass is 10.2. The summed E-state index contributed by atoms with van der Waals surface area (Å²) in [6.07, 6.45) is 2.60. The maximum atomic E-state index is 12.0. The average Bonchev–Trinajstić information content (AvgIpc) is 2.61. The van der Waals surface area contributed by atoms with Gasteiger partial charge in [0.05, 0.1) is 6.61 Å². The molecule has 6 nitrogen and oxygen atoms in total. The minimum atomic E-state index is -0.579. The van der Waals surface area contributed by atoms with Gasteiger partial charge >= 0.3 is 6.09 Å². The van der Waals surface area contributed by atoms with Crippen LogP contribution in [0.15, 0.2) is 60.7 Å². The quantitative estimate of drug-likeness (QED) is 0.597. The highest BCUT2D eigenvalue weighted by Crippen LogP contribution is 2.15. The SMILES string of the molecule is COCCOC(=O)Nc1cccc(NC(=O)C=Cc2ccccc2)c1. The van der Waals surface area contributed by atoms with E-state index in [1.807, 2.05) is 30.3 Å². The van der Waals surface area contributed by atoms with Gasteiger partial charge in [-0.25, -0.2) is 4.79 Å². The minimum absolute atomic E-state index is 0.170. The second-order valence-electron chi connectivity index (χ2n) is 5.07. The molecule has 0 saturated carbocycles. The number of benzene rings is 2. The summed E-state index contributed by atoms with van der Waals surface area (Å²) in [6, 6.07) is 16.3. The number of carbonyl (C=O) groups excluding carboxylic acids is 2. The molecule has 6 heteroatoms. The predicted molar refractivity (Wildman–Crippen MR) is 97.4 cm³/mol. The molecule has 2 aromatic rings. The summed E-state index contributed by atoms with van der Waals surface area (Å²) in [5.41, 5.74) is 2.02. The van der Waals surface area contributed by atoms with Crippen molar-refractivity contribution in [3.63, 3.8) is 0 Å². The summed E-state index contributed by atoms with van der Waals surface area (Å²) in [5.74, 6) is -0.260. The summed E-state index contributed by atoms with van der Waals surface area (Å²) in [4.78, 5) is 23.6. The minimum Gasteiger partial charge on any atom is -0.447 e. The van der Waals surface area contributed by atoms with Crippen molar-refractivity contribution >= 4 is 29.5 Å². The van der Waals surface area contributed by atoms with E-state index in [4.69, 9.17) is 9.47 Å². The van der Waals surface area contributed by atoms with Crippen molar-refractivity contribution in [2.75, 3.05) is 31.0 Å². The first-order valence-corrected chi connectivity index (χ1v) is 7.74. The van der Waals surface area contributed by atoms with Crippen molar-refractivity contribution in [1.29, 1.82) is 0 Å². The van der Waals surface area contributed by atoms with Crippen molar-refractivity contribution in [1.82, 2.24) is 0 Å². The number of methoxy groups -OCH3 is 1. The number of ether oxygens (including phenoxy) is 2. The number of hydrogen-bond acceptors (Lipinski definition) is 4. The van der Waals surface area contributed by atoms with Gasteiger partial charge in [0.25, 0.3) is 0 Å². The van der Waals surface area contributed by atoms with Crippen LogP contribution in [0, 0.1) is 0 Å². The Morgan fingerprint density at radius 3 is 2.40 bits per heavy atom. The van der Waals surface area contributed by atoms with E-state index in [1.165, 1.54) is 13.2 Å². The van der Waals surface area contributed by atoms with Crippen LogP contribution in [0.2, 0.25) is 0 Å². The standard InChI is InChI=1S/C19H20N2O4/c1-24-12-13-25-19(23)21-17-9-5-8-16(14-17)20-18(22)11-10-15-6-3-2-4-7-15/h2-11,14H,12-13H2,1H3,(H,20,22)(H,21,23). The van der Waals surface area contributed by atoms with E-state index in [-0.39, 0.29) is 12.5 Å². The van der Waals surface area contributed by atoms with E-state index in [9.17, 15) is 9.59 Å². The van der Waals surface area contributed by atoms with Gasteiger partial charge in [-0.15, -0.1) is 0 Å². The molecule has 2 amide bonds. The molecule has 0 atom stereocenters. The molecule has 2 rings (SSSR count). The molecule has 0 spiro atoms. The van der Waals surface area contributed by atoms with Crippen LogP contribution in [-0.4, -0.2) is 32.3 Å². The molecule has 0 fully saturated rings. The third-order valence-electron chi connectivity index (χ3n) is 3.12. The summed E-state index contributed by atoms with van der Waals surface area (Å²) >= 11 is 0. The van der Waals surface area contributed by atoms with Crippen LogP contribution < -0.4 is 10.6 Å². The van der Waals surface area contributed by atoms with Crippen LogP contribution in [0.1, 0.15) is 5.56 Å². The van der Waals surface area contributed by atoms with Gasteiger partial charge in [-0.2, -0.15) is 0 Å². The number of hydrogen-bond donors (Lipinski definition) is 2. The highest BCUT2D eigenvalue weighted by atomic mass is 16.6. The highest BCUT2D eigenvalue weighted by Gasteiger charge is 2.04. The van der Waals surface area contributed by atoms with Gasteiger partial charge in [0.2, 0.25) is 5.91 Å². The molecule has 2 aromatic carbocycles. The highest BCUT2D eigenvalue weighted by molar-refractivity contribution is 6.02. The molecule has 0 aromatic heterocycles. The van der Waals surface area contributed by atoms with E-state index in [1.54, 1.807) is 30.3 Å². The summed E-state index contributed by atoms with van der Waals surface area (Å²) in [6.45, 7) is 0.500. The number of amides is 2. The zero-order valence-corrected chi connectivity index (χ0v) is 13.9. The third kappa shape index (κ3) is 6.88. The molecule has 0 unspecified atom stereocenters. The Morgan fingerprint density at radius 2 is 1.68 bits per heavy atom. The molecule has 0 aliphatic rings. The molecule has 0 saturated heterocycles. The maximum Gasteiger partial charge on any atom is 0.411 e. The second-order valence-corrected chi connectivity index (χ2v) is 5.07. The lowest BCUT2D eigenvalue weighted by Gasteiger charge is -2.08. The van der Waals surface area contributed by atoms with Crippen LogP contribution in [0.3, 0.4) is 0 Å². The van der Waals surface area contributed by atoms with Crippen LogP contribution >= 0.6 is 0 Å². The number of carbonyl (C=O) groups is 2. The Hall–Kier alpha value is -3.12. The van der Waals surface area contributed by atoms with Gasteiger partial charge in [0.1, 0.15) is 6.61 Å². The predicted octanol–water partition coefficient (Wildman–Crippen LogP) is 3.53. The molecule has 0 aliphatic heterocycles. The van der Waals surface area contributed by atoms with Crippen molar-refractivity contribution < 1.29 is 19.1 Å². The molecule has 0 heterocycles. The average molecular weight is 340 g/mol. The molecular weight excluding hydrogens is 320 g/mol. The van der Waals surface area contributed by atoms with E-state index in [0.717, 1.165) is 5.56 Å². The molecule has 2 N–H and O–H groups in total. The fraction of sp³-hybridized carbons (Fsp3) is 0.158.